The van der Waals surface area contributed by atoms with Crippen molar-refractivity contribution in [3.05, 3.63) is 44.0 Å². The van der Waals surface area contributed by atoms with Gasteiger partial charge in [0.1, 0.15) is 5.76 Å². The van der Waals surface area contributed by atoms with E-state index < -0.39 is 0 Å². The van der Waals surface area contributed by atoms with Crippen LogP contribution in [0.4, 0.5) is 0 Å². The first kappa shape index (κ1) is 12.6. The SMILES string of the molecule is CCN(Cc1ccco1)C(=O)c1csc(I)c1. The fourth-order valence-electron chi connectivity index (χ4n) is 1.52. The highest BCUT2D eigenvalue weighted by atomic mass is 127. The first-order valence-electron chi connectivity index (χ1n) is 5.26. The van der Waals surface area contributed by atoms with Crippen LogP contribution in [0.2, 0.25) is 0 Å². The zero-order chi connectivity index (χ0) is 12.3. The van der Waals surface area contributed by atoms with E-state index in [2.05, 4.69) is 22.6 Å². The van der Waals surface area contributed by atoms with Crippen molar-refractivity contribution >= 4 is 39.8 Å². The Hall–Kier alpha value is -0.820. The Morgan fingerprint density at radius 3 is 2.94 bits per heavy atom. The van der Waals surface area contributed by atoms with E-state index in [1.807, 2.05) is 30.5 Å². The quantitative estimate of drug-likeness (QED) is 0.780. The van der Waals surface area contributed by atoms with E-state index in [1.54, 1.807) is 22.5 Å². The molecule has 0 fully saturated rings. The zero-order valence-corrected chi connectivity index (χ0v) is 12.3. The third-order valence-corrected chi connectivity index (χ3v) is 4.20. The van der Waals surface area contributed by atoms with Gasteiger partial charge in [0, 0.05) is 11.9 Å². The number of carbonyl (C=O) groups is 1. The number of hydrogen-bond acceptors (Lipinski definition) is 3. The van der Waals surface area contributed by atoms with Crippen LogP contribution in [-0.4, -0.2) is 17.4 Å². The molecule has 2 aromatic rings. The molecule has 0 saturated heterocycles. The lowest BCUT2D eigenvalue weighted by atomic mass is 10.3. The zero-order valence-electron chi connectivity index (χ0n) is 9.35. The lowest BCUT2D eigenvalue weighted by Crippen LogP contribution is -2.29. The highest BCUT2D eigenvalue weighted by molar-refractivity contribution is 14.1. The molecule has 0 radical (unpaired) electrons. The number of furan rings is 1. The molecule has 2 heterocycles. The average molecular weight is 361 g/mol. The van der Waals surface area contributed by atoms with Crippen molar-refractivity contribution in [2.75, 3.05) is 6.54 Å². The molecule has 0 spiro atoms. The van der Waals surface area contributed by atoms with Gasteiger partial charge in [-0.1, -0.05) is 0 Å². The van der Waals surface area contributed by atoms with Gasteiger partial charge in [-0.2, -0.15) is 0 Å². The van der Waals surface area contributed by atoms with Gasteiger partial charge in [0.25, 0.3) is 5.91 Å². The van der Waals surface area contributed by atoms with Gasteiger partial charge in [-0.3, -0.25) is 4.79 Å². The number of carbonyl (C=O) groups excluding carboxylic acids is 1. The summed E-state index contributed by atoms with van der Waals surface area (Å²) >= 11 is 3.81. The standard InChI is InChI=1S/C12H12INO2S/c1-2-14(7-10-4-3-5-16-10)12(15)9-6-11(13)17-8-9/h3-6,8H,2,7H2,1H3. The number of amides is 1. The van der Waals surface area contributed by atoms with Crippen molar-refractivity contribution in [3.63, 3.8) is 0 Å². The third-order valence-electron chi connectivity index (χ3n) is 2.41. The molecular formula is C12H12INO2S. The number of hydrogen-bond donors (Lipinski definition) is 0. The minimum absolute atomic E-state index is 0.0584. The summed E-state index contributed by atoms with van der Waals surface area (Å²) in [5, 5.41) is 1.90. The molecule has 0 unspecified atom stereocenters. The molecule has 0 aromatic carbocycles. The monoisotopic (exact) mass is 361 g/mol. The minimum atomic E-state index is 0.0584. The van der Waals surface area contributed by atoms with Crippen LogP contribution in [0.1, 0.15) is 23.0 Å². The smallest absolute Gasteiger partial charge is 0.255 e. The third kappa shape index (κ3) is 3.10. The van der Waals surface area contributed by atoms with Crippen LogP contribution in [0.25, 0.3) is 0 Å². The van der Waals surface area contributed by atoms with Crippen molar-refractivity contribution in [3.8, 4) is 0 Å². The lowest BCUT2D eigenvalue weighted by molar-refractivity contribution is 0.0742. The molecule has 0 bridgehead atoms. The van der Waals surface area contributed by atoms with Crippen molar-refractivity contribution in [1.82, 2.24) is 4.90 Å². The maximum atomic E-state index is 12.2. The maximum absolute atomic E-state index is 12.2. The molecule has 0 aliphatic carbocycles. The molecule has 0 aliphatic heterocycles. The van der Waals surface area contributed by atoms with Crippen LogP contribution >= 0.6 is 33.9 Å². The molecular weight excluding hydrogens is 349 g/mol. The maximum Gasteiger partial charge on any atom is 0.255 e. The summed E-state index contributed by atoms with van der Waals surface area (Å²) in [5.41, 5.74) is 0.757. The Bertz CT molecular complexity index is 492. The summed E-state index contributed by atoms with van der Waals surface area (Å²) in [6.45, 7) is 3.17. The van der Waals surface area contributed by atoms with Crippen LogP contribution < -0.4 is 0 Å². The number of thiophene rings is 1. The van der Waals surface area contributed by atoms with E-state index in [9.17, 15) is 4.79 Å². The summed E-state index contributed by atoms with van der Waals surface area (Å²) in [4.78, 5) is 14.0. The fourth-order valence-corrected chi connectivity index (χ4v) is 2.84. The van der Waals surface area contributed by atoms with Crippen molar-refractivity contribution in [1.29, 1.82) is 0 Å². The molecule has 2 rings (SSSR count). The molecule has 5 heteroatoms. The van der Waals surface area contributed by atoms with Gasteiger partial charge in [-0.25, -0.2) is 0 Å². The number of nitrogens with zero attached hydrogens (tertiary/aromatic N) is 1. The second kappa shape index (κ2) is 5.68. The van der Waals surface area contributed by atoms with Gasteiger partial charge < -0.3 is 9.32 Å². The molecule has 0 aliphatic rings. The van der Waals surface area contributed by atoms with Crippen molar-refractivity contribution < 1.29 is 9.21 Å². The molecule has 0 N–H and O–H groups in total. The fraction of sp³-hybridized carbons (Fsp3) is 0.250. The van der Waals surface area contributed by atoms with E-state index in [1.165, 1.54) is 0 Å². The summed E-state index contributed by atoms with van der Waals surface area (Å²) in [7, 11) is 0. The van der Waals surface area contributed by atoms with E-state index in [0.29, 0.717) is 13.1 Å². The van der Waals surface area contributed by atoms with Crippen LogP contribution in [0.3, 0.4) is 0 Å². The van der Waals surface area contributed by atoms with Gasteiger partial charge in [-0.05, 0) is 47.7 Å². The summed E-state index contributed by atoms with van der Waals surface area (Å²) in [6.07, 6.45) is 1.63. The molecule has 2 aromatic heterocycles. The molecule has 3 nitrogen and oxygen atoms in total. The van der Waals surface area contributed by atoms with Gasteiger partial charge in [0.2, 0.25) is 0 Å². The first-order valence-corrected chi connectivity index (χ1v) is 7.22. The molecule has 17 heavy (non-hydrogen) atoms. The molecule has 90 valence electrons. The number of halogens is 1. The second-order valence-corrected chi connectivity index (χ2v) is 6.34. The predicted molar refractivity (Wildman–Crippen MR) is 76.2 cm³/mol. The Labute approximate surface area is 118 Å². The van der Waals surface area contributed by atoms with Crippen LogP contribution in [0.15, 0.2) is 34.3 Å². The van der Waals surface area contributed by atoms with E-state index in [0.717, 1.165) is 14.2 Å². The van der Waals surface area contributed by atoms with Gasteiger partial charge in [-0.15, -0.1) is 11.3 Å². The number of rotatable bonds is 4. The van der Waals surface area contributed by atoms with Gasteiger partial charge in [0.05, 0.1) is 21.3 Å². The normalized spacial score (nSPS) is 10.5. The average Bonchev–Trinajstić information content (AvgIpc) is 2.96. The summed E-state index contributed by atoms with van der Waals surface area (Å²) in [6, 6.07) is 5.63. The Morgan fingerprint density at radius 2 is 2.41 bits per heavy atom. The van der Waals surface area contributed by atoms with Crippen LogP contribution in [-0.2, 0) is 6.54 Å². The minimum Gasteiger partial charge on any atom is -0.467 e. The van der Waals surface area contributed by atoms with E-state index in [4.69, 9.17) is 4.42 Å². The van der Waals surface area contributed by atoms with Crippen molar-refractivity contribution in [2.45, 2.75) is 13.5 Å². The summed E-state index contributed by atoms with van der Waals surface area (Å²) < 4.78 is 6.39. The Balaban J connectivity index is 2.10. The largest absolute Gasteiger partial charge is 0.467 e. The van der Waals surface area contributed by atoms with Crippen molar-refractivity contribution in [2.24, 2.45) is 0 Å². The molecule has 1 amide bonds. The van der Waals surface area contributed by atoms with E-state index >= 15 is 0 Å². The van der Waals surface area contributed by atoms with Gasteiger partial charge in [0.15, 0.2) is 0 Å². The highest BCUT2D eigenvalue weighted by Gasteiger charge is 2.16. The van der Waals surface area contributed by atoms with Crippen LogP contribution in [0.5, 0.6) is 0 Å². The topological polar surface area (TPSA) is 33.5 Å². The Morgan fingerprint density at radius 1 is 1.59 bits per heavy atom. The lowest BCUT2D eigenvalue weighted by Gasteiger charge is -2.18. The van der Waals surface area contributed by atoms with Gasteiger partial charge >= 0.3 is 0 Å². The predicted octanol–water partition coefficient (Wildman–Crippen LogP) is 3.61. The highest BCUT2D eigenvalue weighted by Crippen LogP contribution is 2.19. The molecule has 0 atom stereocenters. The van der Waals surface area contributed by atoms with Crippen LogP contribution in [0, 0.1) is 2.88 Å². The van der Waals surface area contributed by atoms with E-state index in [-0.39, 0.29) is 5.91 Å². The first-order chi connectivity index (χ1) is 8.20. The molecule has 0 saturated carbocycles. The Kier molecular flexibility index (Phi) is 4.22. The second-order valence-electron chi connectivity index (χ2n) is 3.54. The summed E-state index contributed by atoms with van der Waals surface area (Å²) in [5.74, 6) is 0.869.